The third-order valence-electron chi connectivity index (χ3n) is 4.02. The molecule has 108 valence electrons. The number of rotatable bonds is 4. The molecular formula is C15H27N3O. The molecule has 2 rings (SSSR count). The van der Waals surface area contributed by atoms with Crippen molar-refractivity contribution in [2.45, 2.75) is 45.8 Å². The van der Waals surface area contributed by atoms with Gasteiger partial charge in [-0.2, -0.15) is 0 Å². The zero-order valence-corrected chi connectivity index (χ0v) is 12.6. The molecule has 1 aliphatic heterocycles. The lowest BCUT2D eigenvalue weighted by molar-refractivity contribution is 0.0621. The normalized spacial score (nSPS) is 21.8. The molecule has 1 aromatic rings. The van der Waals surface area contributed by atoms with E-state index in [1.807, 2.05) is 13.0 Å². The molecule has 4 nitrogen and oxygen atoms in total. The lowest BCUT2D eigenvalue weighted by Gasteiger charge is -2.41. The van der Waals surface area contributed by atoms with E-state index in [0.717, 1.165) is 37.7 Å². The van der Waals surface area contributed by atoms with E-state index in [1.165, 1.54) is 0 Å². The molecule has 1 aliphatic rings. The van der Waals surface area contributed by atoms with Crippen molar-refractivity contribution in [1.29, 1.82) is 0 Å². The quantitative estimate of drug-likeness (QED) is 0.904. The first-order valence-electron chi connectivity index (χ1n) is 7.29. The van der Waals surface area contributed by atoms with Crippen molar-refractivity contribution in [1.82, 2.24) is 9.80 Å². The minimum absolute atomic E-state index is 0.0798. The number of nitrogens with two attached hydrogens (primary N) is 1. The van der Waals surface area contributed by atoms with Gasteiger partial charge in [-0.25, -0.2) is 0 Å². The second-order valence-corrected chi connectivity index (χ2v) is 5.92. The molecule has 2 N–H and O–H groups in total. The first kappa shape index (κ1) is 14.6. The zero-order valence-electron chi connectivity index (χ0n) is 12.6. The van der Waals surface area contributed by atoms with Gasteiger partial charge < -0.3 is 10.2 Å². The second-order valence-electron chi connectivity index (χ2n) is 5.92. The van der Waals surface area contributed by atoms with Gasteiger partial charge in [-0.15, -0.1) is 0 Å². The minimum atomic E-state index is 0.0798. The van der Waals surface area contributed by atoms with E-state index in [0.29, 0.717) is 6.04 Å². The standard InChI is InChI=1S/C15H27N3O/c1-11(2)17-7-9-18(10-8-17)15(13(4)16)14-6-5-12(3)19-14/h5-6,11,13,15H,7-10,16H2,1-4H3. The molecule has 1 aromatic heterocycles. The Kier molecular flexibility index (Phi) is 4.66. The summed E-state index contributed by atoms with van der Waals surface area (Å²) < 4.78 is 5.80. The highest BCUT2D eigenvalue weighted by molar-refractivity contribution is 5.12. The van der Waals surface area contributed by atoms with Crippen molar-refractivity contribution in [2.75, 3.05) is 26.2 Å². The molecule has 19 heavy (non-hydrogen) atoms. The smallest absolute Gasteiger partial charge is 0.122 e. The number of hydrogen-bond donors (Lipinski definition) is 1. The van der Waals surface area contributed by atoms with E-state index in [2.05, 4.69) is 36.6 Å². The molecule has 4 heteroatoms. The molecule has 2 heterocycles. The third kappa shape index (κ3) is 3.38. The Hall–Kier alpha value is -0.840. The lowest BCUT2D eigenvalue weighted by atomic mass is 10.0. The van der Waals surface area contributed by atoms with Gasteiger partial charge in [0, 0.05) is 38.3 Å². The summed E-state index contributed by atoms with van der Waals surface area (Å²) in [5.74, 6) is 1.96. The van der Waals surface area contributed by atoms with Crippen LogP contribution >= 0.6 is 0 Å². The summed E-state index contributed by atoms with van der Waals surface area (Å²) in [6.07, 6.45) is 0. The third-order valence-corrected chi connectivity index (χ3v) is 4.02. The van der Waals surface area contributed by atoms with E-state index >= 15 is 0 Å². The van der Waals surface area contributed by atoms with Gasteiger partial charge in [0.15, 0.2) is 0 Å². The summed E-state index contributed by atoms with van der Waals surface area (Å²) in [6, 6.07) is 4.99. The van der Waals surface area contributed by atoms with Crippen molar-refractivity contribution < 1.29 is 4.42 Å². The van der Waals surface area contributed by atoms with Crippen LogP contribution in [-0.2, 0) is 0 Å². The molecule has 0 aromatic carbocycles. The fourth-order valence-electron chi connectivity index (χ4n) is 2.92. The number of aryl methyl sites for hydroxylation is 1. The molecule has 1 saturated heterocycles. The average Bonchev–Trinajstić information content (AvgIpc) is 2.76. The molecular weight excluding hydrogens is 238 g/mol. The van der Waals surface area contributed by atoms with Crippen LogP contribution in [0.3, 0.4) is 0 Å². The van der Waals surface area contributed by atoms with Crippen LogP contribution in [0.5, 0.6) is 0 Å². The van der Waals surface area contributed by atoms with Crippen LogP contribution in [0.2, 0.25) is 0 Å². The van der Waals surface area contributed by atoms with Gasteiger partial charge in [-0.05, 0) is 39.8 Å². The summed E-state index contributed by atoms with van der Waals surface area (Å²) in [5, 5.41) is 0. The average molecular weight is 265 g/mol. The van der Waals surface area contributed by atoms with Crippen molar-refractivity contribution in [2.24, 2.45) is 5.73 Å². The first-order valence-corrected chi connectivity index (χ1v) is 7.29. The van der Waals surface area contributed by atoms with Gasteiger partial charge in [0.2, 0.25) is 0 Å². The molecule has 0 saturated carbocycles. The maximum absolute atomic E-state index is 6.19. The van der Waals surface area contributed by atoms with Gasteiger partial charge in [0.05, 0.1) is 6.04 Å². The minimum Gasteiger partial charge on any atom is -0.465 e. The van der Waals surface area contributed by atoms with Crippen LogP contribution in [0.25, 0.3) is 0 Å². The second kappa shape index (κ2) is 6.07. The number of hydrogen-bond acceptors (Lipinski definition) is 4. The van der Waals surface area contributed by atoms with Crippen molar-refractivity contribution in [3.63, 3.8) is 0 Å². The predicted octanol–water partition coefficient (Wildman–Crippen LogP) is 2.00. The maximum Gasteiger partial charge on any atom is 0.122 e. The molecule has 0 bridgehead atoms. The summed E-state index contributed by atoms with van der Waals surface area (Å²) in [5.41, 5.74) is 6.19. The lowest BCUT2D eigenvalue weighted by Crippen LogP contribution is -2.52. The summed E-state index contributed by atoms with van der Waals surface area (Å²) in [4.78, 5) is 4.98. The topological polar surface area (TPSA) is 45.6 Å². The molecule has 0 amide bonds. The molecule has 0 radical (unpaired) electrons. The van der Waals surface area contributed by atoms with Gasteiger partial charge in [0.25, 0.3) is 0 Å². The Morgan fingerprint density at radius 3 is 2.05 bits per heavy atom. The fraction of sp³-hybridized carbons (Fsp3) is 0.733. The number of furan rings is 1. The van der Waals surface area contributed by atoms with Crippen LogP contribution in [0.4, 0.5) is 0 Å². The predicted molar refractivity (Wildman–Crippen MR) is 78.1 cm³/mol. The highest BCUT2D eigenvalue weighted by Crippen LogP contribution is 2.26. The first-order chi connectivity index (χ1) is 8.99. The molecule has 2 atom stereocenters. The van der Waals surface area contributed by atoms with Crippen molar-refractivity contribution >= 4 is 0 Å². The molecule has 0 spiro atoms. The SMILES string of the molecule is Cc1ccc(C(C(C)N)N2CCN(C(C)C)CC2)o1. The van der Waals surface area contributed by atoms with E-state index in [9.17, 15) is 0 Å². The zero-order chi connectivity index (χ0) is 14.0. The van der Waals surface area contributed by atoms with Crippen molar-refractivity contribution in [3.05, 3.63) is 23.7 Å². The van der Waals surface area contributed by atoms with Gasteiger partial charge >= 0.3 is 0 Å². The van der Waals surface area contributed by atoms with E-state index in [-0.39, 0.29) is 12.1 Å². The number of nitrogens with zero attached hydrogens (tertiary/aromatic N) is 2. The highest BCUT2D eigenvalue weighted by Gasteiger charge is 2.30. The Balaban J connectivity index is 2.05. The van der Waals surface area contributed by atoms with Crippen molar-refractivity contribution in [3.8, 4) is 0 Å². The monoisotopic (exact) mass is 265 g/mol. The summed E-state index contributed by atoms with van der Waals surface area (Å²) >= 11 is 0. The Morgan fingerprint density at radius 1 is 1.05 bits per heavy atom. The molecule has 1 fully saturated rings. The Morgan fingerprint density at radius 2 is 1.63 bits per heavy atom. The Labute approximate surface area is 116 Å². The van der Waals surface area contributed by atoms with Crippen LogP contribution < -0.4 is 5.73 Å². The van der Waals surface area contributed by atoms with Crippen LogP contribution in [0.15, 0.2) is 16.5 Å². The highest BCUT2D eigenvalue weighted by atomic mass is 16.3. The maximum atomic E-state index is 6.19. The van der Waals surface area contributed by atoms with Gasteiger partial charge in [-0.3, -0.25) is 9.80 Å². The Bertz CT molecular complexity index is 392. The van der Waals surface area contributed by atoms with E-state index in [4.69, 9.17) is 10.2 Å². The van der Waals surface area contributed by atoms with Crippen LogP contribution in [0.1, 0.15) is 38.3 Å². The van der Waals surface area contributed by atoms with Crippen LogP contribution in [0, 0.1) is 6.92 Å². The molecule has 0 aliphatic carbocycles. The van der Waals surface area contributed by atoms with Gasteiger partial charge in [-0.1, -0.05) is 0 Å². The summed E-state index contributed by atoms with van der Waals surface area (Å²) in [7, 11) is 0. The van der Waals surface area contributed by atoms with Gasteiger partial charge in [0.1, 0.15) is 11.5 Å². The fourth-order valence-corrected chi connectivity index (χ4v) is 2.92. The number of piperazine rings is 1. The van der Waals surface area contributed by atoms with E-state index < -0.39 is 0 Å². The largest absolute Gasteiger partial charge is 0.465 e. The van der Waals surface area contributed by atoms with E-state index in [1.54, 1.807) is 0 Å². The van der Waals surface area contributed by atoms with Crippen LogP contribution in [-0.4, -0.2) is 48.1 Å². The molecule has 2 unspecified atom stereocenters. The summed E-state index contributed by atoms with van der Waals surface area (Å²) in [6.45, 7) is 12.9.